The monoisotopic (exact) mass is 340 g/mol. The van der Waals surface area contributed by atoms with Gasteiger partial charge in [-0.25, -0.2) is 0 Å². The first-order valence-corrected chi connectivity index (χ1v) is 8.43. The number of likely N-dealkylation sites (N-methyl/N-ethyl adjacent to an activating group) is 2. The van der Waals surface area contributed by atoms with E-state index >= 15 is 0 Å². The lowest BCUT2D eigenvalue weighted by molar-refractivity contribution is -0.119. The number of hydrogen-bond acceptors (Lipinski definition) is 4. The van der Waals surface area contributed by atoms with Crippen LogP contribution < -0.4 is 14.4 Å². The van der Waals surface area contributed by atoms with Crippen LogP contribution in [0.15, 0.2) is 48.5 Å². The maximum atomic E-state index is 12.8. The summed E-state index contributed by atoms with van der Waals surface area (Å²) in [5.74, 6) is 1.39. The predicted molar refractivity (Wildman–Crippen MR) is 98.6 cm³/mol. The maximum Gasteiger partial charge on any atom is 0.237 e. The summed E-state index contributed by atoms with van der Waals surface area (Å²) in [7, 11) is 5.82. The highest BCUT2D eigenvalue weighted by Crippen LogP contribution is 2.35. The molecule has 132 valence electrons. The van der Waals surface area contributed by atoms with E-state index in [1.807, 2.05) is 62.6 Å². The second kappa shape index (κ2) is 7.57. The Labute approximate surface area is 148 Å². The summed E-state index contributed by atoms with van der Waals surface area (Å²) >= 11 is 0. The number of nitrogens with zero attached hydrogens (tertiary/aromatic N) is 2. The van der Waals surface area contributed by atoms with Gasteiger partial charge in [0.25, 0.3) is 0 Å². The van der Waals surface area contributed by atoms with E-state index in [1.165, 1.54) is 0 Å². The molecule has 0 radical (unpaired) electrons. The first-order valence-electron chi connectivity index (χ1n) is 8.43. The number of benzene rings is 2. The largest absolute Gasteiger partial charge is 0.492 e. The Kier molecular flexibility index (Phi) is 5.24. The van der Waals surface area contributed by atoms with E-state index in [-0.39, 0.29) is 11.8 Å². The van der Waals surface area contributed by atoms with Crippen LogP contribution in [0.1, 0.15) is 11.5 Å². The average Bonchev–Trinajstić information content (AvgIpc) is 3.05. The van der Waals surface area contributed by atoms with Crippen LogP contribution in [0, 0.1) is 0 Å². The third-order valence-corrected chi connectivity index (χ3v) is 4.36. The standard InChI is InChI=1S/C20H24N2O3/c1-21(2)12-13-24-16-10-8-15(9-11-16)22(3)20(23)18-14-25-19-7-5-4-6-17(18)19/h4-11,18H,12-14H2,1-3H3/t18-/m0/s1. The molecule has 2 aromatic rings. The number of rotatable bonds is 6. The average molecular weight is 340 g/mol. The van der Waals surface area contributed by atoms with E-state index in [1.54, 1.807) is 11.9 Å². The zero-order chi connectivity index (χ0) is 17.8. The third-order valence-electron chi connectivity index (χ3n) is 4.36. The normalized spacial score (nSPS) is 15.6. The molecule has 3 rings (SSSR count). The van der Waals surface area contributed by atoms with Crippen LogP contribution in [-0.4, -0.2) is 51.7 Å². The van der Waals surface area contributed by atoms with Crippen molar-refractivity contribution in [3.8, 4) is 11.5 Å². The van der Waals surface area contributed by atoms with Gasteiger partial charge in [-0.15, -0.1) is 0 Å². The van der Waals surface area contributed by atoms with Crippen molar-refractivity contribution >= 4 is 11.6 Å². The van der Waals surface area contributed by atoms with Gasteiger partial charge in [-0.05, 0) is 44.4 Å². The number of anilines is 1. The molecule has 0 saturated carbocycles. The molecule has 0 N–H and O–H groups in total. The Morgan fingerprint density at radius 2 is 1.84 bits per heavy atom. The van der Waals surface area contributed by atoms with Gasteiger partial charge in [-0.2, -0.15) is 0 Å². The zero-order valence-electron chi connectivity index (χ0n) is 14.9. The molecule has 0 saturated heterocycles. The molecule has 1 aliphatic heterocycles. The van der Waals surface area contributed by atoms with E-state index in [4.69, 9.17) is 9.47 Å². The zero-order valence-corrected chi connectivity index (χ0v) is 14.9. The van der Waals surface area contributed by atoms with Crippen LogP contribution in [0.5, 0.6) is 11.5 Å². The molecule has 0 fully saturated rings. The van der Waals surface area contributed by atoms with Gasteiger partial charge < -0.3 is 19.3 Å². The quantitative estimate of drug-likeness (QED) is 0.811. The number of hydrogen-bond donors (Lipinski definition) is 0. The molecule has 25 heavy (non-hydrogen) atoms. The van der Waals surface area contributed by atoms with Crippen molar-refractivity contribution in [2.24, 2.45) is 0 Å². The van der Waals surface area contributed by atoms with Crippen molar-refractivity contribution in [1.82, 2.24) is 4.90 Å². The molecular weight excluding hydrogens is 316 g/mol. The van der Waals surface area contributed by atoms with Crippen molar-refractivity contribution in [2.75, 3.05) is 45.8 Å². The number of carbonyl (C=O) groups excluding carboxylic acids is 1. The molecule has 5 nitrogen and oxygen atoms in total. The summed E-state index contributed by atoms with van der Waals surface area (Å²) < 4.78 is 11.3. The molecule has 0 aliphatic carbocycles. The van der Waals surface area contributed by atoms with Crippen LogP contribution in [0.25, 0.3) is 0 Å². The highest BCUT2D eigenvalue weighted by Gasteiger charge is 2.32. The molecule has 1 aliphatic rings. The van der Waals surface area contributed by atoms with Crippen molar-refractivity contribution in [2.45, 2.75) is 5.92 Å². The summed E-state index contributed by atoms with van der Waals surface area (Å²) in [6.07, 6.45) is 0. The topological polar surface area (TPSA) is 42.0 Å². The number of ether oxygens (including phenoxy) is 2. The van der Waals surface area contributed by atoms with Crippen molar-refractivity contribution in [3.63, 3.8) is 0 Å². The maximum absolute atomic E-state index is 12.8. The second-order valence-corrected chi connectivity index (χ2v) is 6.44. The molecular formula is C20H24N2O3. The van der Waals surface area contributed by atoms with E-state index in [0.717, 1.165) is 29.3 Å². The molecule has 0 spiro atoms. The Morgan fingerprint density at radius 3 is 2.56 bits per heavy atom. The van der Waals surface area contributed by atoms with Crippen molar-refractivity contribution < 1.29 is 14.3 Å². The van der Waals surface area contributed by atoms with Crippen LogP contribution in [-0.2, 0) is 4.79 Å². The lowest BCUT2D eigenvalue weighted by atomic mass is 10.00. The van der Waals surface area contributed by atoms with E-state index < -0.39 is 0 Å². The fourth-order valence-corrected chi connectivity index (χ4v) is 2.84. The summed E-state index contributed by atoms with van der Waals surface area (Å²) in [4.78, 5) is 16.6. The molecule has 0 aromatic heterocycles. The van der Waals surface area contributed by atoms with Gasteiger partial charge in [0.05, 0.1) is 0 Å². The Hall–Kier alpha value is -2.53. The van der Waals surface area contributed by atoms with Crippen LogP contribution in [0.2, 0.25) is 0 Å². The highest BCUT2D eigenvalue weighted by molar-refractivity contribution is 5.98. The first-order chi connectivity index (χ1) is 12.1. The minimum Gasteiger partial charge on any atom is -0.492 e. The van der Waals surface area contributed by atoms with Crippen LogP contribution in [0.4, 0.5) is 5.69 Å². The number of fused-ring (bicyclic) bond motifs is 1. The van der Waals surface area contributed by atoms with Gasteiger partial charge >= 0.3 is 0 Å². The molecule has 0 unspecified atom stereocenters. The molecule has 1 heterocycles. The van der Waals surface area contributed by atoms with E-state index in [9.17, 15) is 4.79 Å². The Balaban J connectivity index is 1.65. The van der Waals surface area contributed by atoms with Gasteiger partial charge in [0.15, 0.2) is 0 Å². The third kappa shape index (κ3) is 3.94. The van der Waals surface area contributed by atoms with E-state index in [2.05, 4.69) is 4.90 Å². The van der Waals surface area contributed by atoms with E-state index in [0.29, 0.717) is 13.2 Å². The minimum absolute atomic E-state index is 0.0335. The Morgan fingerprint density at radius 1 is 1.12 bits per heavy atom. The van der Waals surface area contributed by atoms with Crippen molar-refractivity contribution in [1.29, 1.82) is 0 Å². The summed E-state index contributed by atoms with van der Waals surface area (Å²) in [6.45, 7) is 1.90. The highest BCUT2D eigenvalue weighted by atomic mass is 16.5. The Bertz CT molecular complexity index is 728. The first kappa shape index (κ1) is 17.3. The molecule has 5 heteroatoms. The van der Waals surface area contributed by atoms with Gasteiger partial charge in [-0.1, -0.05) is 18.2 Å². The van der Waals surface area contributed by atoms with Crippen molar-refractivity contribution in [3.05, 3.63) is 54.1 Å². The number of carbonyl (C=O) groups is 1. The summed E-state index contributed by atoms with van der Waals surface area (Å²) in [5.41, 5.74) is 1.80. The smallest absolute Gasteiger partial charge is 0.237 e. The molecule has 0 bridgehead atoms. The fourth-order valence-electron chi connectivity index (χ4n) is 2.84. The summed E-state index contributed by atoms with van der Waals surface area (Å²) in [5, 5.41) is 0. The predicted octanol–water partition coefficient (Wildman–Crippen LogP) is 2.77. The number of para-hydroxylation sites is 1. The van der Waals surface area contributed by atoms with Gasteiger partial charge in [0.2, 0.25) is 5.91 Å². The van der Waals surface area contributed by atoms with Gasteiger partial charge in [0, 0.05) is 24.8 Å². The lowest BCUT2D eigenvalue weighted by Crippen LogP contribution is -2.32. The number of amides is 1. The second-order valence-electron chi connectivity index (χ2n) is 6.44. The SMILES string of the molecule is CN(C)CCOc1ccc(N(C)C(=O)[C@H]2COc3ccccc32)cc1. The molecule has 2 aromatic carbocycles. The minimum atomic E-state index is -0.253. The van der Waals surface area contributed by atoms with Gasteiger partial charge in [0.1, 0.15) is 30.6 Å². The molecule has 1 amide bonds. The fraction of sp³-hybridized carbons (Fsp3) is 0.350. The lowest BCUT2D eigenvalue weighted by Gasteiger charge is -2.21. The summed E-state index contributed by atoms with van der Waals surface area (Å²) in [6, 6.07) is 15.3. The molecule has 1 atom stereocenters. The van der Waals surface area contributed by atoms with Gasteiger partial charge in [-0.3, -0.25) is 4.79 Å². The van der Waals surface area contributed by atoms with Crippen LogP contribution in [0.3, 0.4) is 0 Å². The van der Waals surface area contributed by atoms with Crippen LogP contribution >= 0.6 is 0 Å².